The summed E-state index contributed by atoms with van der Waals surface area (Å²) >= 11 is 3.26. The van der Waals surface area contributed by atoms with Crippen LogP contribution in [0.15, 0.2) is 46.9 Å². The summed E-state index contributed by atoms with van der Waals surface area (Å²) in [6.45, 7) is 0. The molecule has 0 aliphatic rings. The van der Waals surface area contributed by atoms with Crippen molar-refractivity contribution in [3.8, 4) is 5.75 Å². The zero-order valence-electron chi connectivity index (χ0n) is 12.9. The molecular formula is C17H13BrO6. The molecule has 0 aromatic heterocycles. The second-order valence-electron chi connectivity index (χ2n) is 4.59. The highest BCUT2D eigenvalue weighted by Crippen LogP contribution is 2.23. The summed E-state index contributed by atoms with van der Waals surface area (Å²) in [5.41, 5.74) is 0.390. The van der Waals surface area contributed by atoms with Gasteiger partial charge in [-0.25, -0.2) is 14.4 Å². The summed E-state index contributed by atoms with van der Waals surface area (Å²) < 4.78 is 15.2. The lowest BCUT2D eigenvalue weighted by molar-refractivity contribution is 0.0593. The normalized spacial score (nSPS) is 9.96. The fraction of sp³-hybridized carbons (Fsp3) is 0.118. The average Bonchev–Trinajstić information content (AvgIpc) is 2.60. The first-order valence-corrected chi connectivity index (χ1v) is 7.54. The zero-order valence-corrected chi connectivity index (χ0v) is 14.5. The van der Waals surface area contributed by atoms with Gasteiger partial charge in [-0.05, 0) is 36.4 Å². The van der Waals surface area contributed by atoms with Gasteiger partial charge >= 0.3 is 17.9 Å². The molecule has 0 spiro atoms. The summed E-state index contributed by atoms with van der Waals surface area (Å²) in [6.07, 6.45) is 0. The number of rotatable bonds is 4. The van der Waals surface area contributed by atoms with Crippen LogP contribution in [0, 0.1) is 0 Å². The summed E-state index contributed by atoms with van der Waals surface area (Å²) in [7, 11) is 2.41. The van der Waals surface area contributed by atoms with Gasteiger partial charge in [-0.15, -0.1) is 0 Å². The van der Waals surface area contributed by atoms with Gasteiger partial charge in [0.25, 0.3) is 0 Å². The van der Waals surface area contributed by atoms with Crippen molar-refractivity contribution in [3.05, 3.63) is 63.6 Å². The third-order valence-electron chi connectivity index (χ3n) is 3.07. The Bertz CT molecular complexity index is 799. The molecule has 124 valence electrons. The van der Waals surface area contributed by atoms with E-state index in [0.29, 0.717) is 10.0 Å². The Morgan fingerprint density at radius 2 is 1.50 bits per heavy atom. The smallest absolute Gasteiger partial charge is 0.343 e. The van der Waals surface area contributed by atoms with Crippen LogP contribution < -0.4 is 4.74 Å². The van der Waals surface area contributed by atoms with Crippen molar-refractivity contribution in [1.82, 2.24) is 0 Å². The highest BCUT2D eigenvalue weighted by molar-refractivity contribution is 9.10. The van der Waals surface area contributed by atoms with Crippen molar-refractivity contribution < 1.29 is 28.6 Å². The van der Waals surface area contributed by atoms with Crippen molar-refractivity contribution in [2.45, 2.75) is 0 Å². The van der Waals surface area contributed by atoms with E-state index in [1.807, 2.05) is 0 Å². The minimum Gasteiger partial charge on any atom is -0.465 e. The Morgan fingerprint density at radius 3 is 2.12 bits per heavy atom. The zero-order chi connectivity index (χ0) is 17.7. The Balaban J connectivity index is 2.36. The first-order valence-electron chi connectivity index (χ1n) is 6.74. The SMILES string of the molecule is COC(=O)c1ccc(OC(=O)c2cccc(Br)c2)c(C(=O)OC)c1. The maximum atomic E-state index is 12.2. The van der Waals surface area contributed by atoms with Crippen LogP contribution in [0.4, 0.5) is 0 Å². The van der Waals surface area contributed by atoms with Crippen LogP contribution in [-0.4, -0.2) is 32.1 Å². The first kappa shape index (κ1) is 17.7. The summed E-state index contributed by atoms with van der Waals surface area (Å²) in [5.74, 6) is -2.02. The Labute approximate surface area is 146 Å². The number of esters is 3. The highest BCUT2D eigenvalue weighted by atomic mass is 79.9. The number of carbonyl (C=O) groups is 3. The molecule has 0 bridgehead atoms. The lowest BCUT2D eigenvalue weighted by Gasteiger charge is -2.10. The van der Waals surface area contributed by atoms with E-state index in [2.05, 4.69) is 25.4 Å². The number of benzene rings is 2. The molecule has 0 radical (unpaired) electrons. The van der Waals surface area contributed by atoms with Crippen molar-refractivity contribution in [2.75, 3.05) is 14.2 Å². The molecule has 0 unspecified atom stereocenters. The molecule has 24 heavy (non-hydrogen) atoms. The van der Waals surface area contributed by atoms with Gasteiger partial charge in [0.05, 0.1) is 25.3 Å². The van der Waals surface area contributed by atoms with E-state index in [4.69, 9.17) is 4.74 Å². The molecule has 0 aliphatic heterocycles. The average molecular weight is 393 g/mol. The van der Waals surface area contributed by atoms with Crippen LogP contribution in [0.25, 0.3) is 0 Å². The molecule has 0 atom stereocenters. The Hall–Kier alpha value is -2.67. The predicted molar refractivity (Wildman–Crippen MR) is 88.2 cm³/mol. The van der Waals surface area contributed by atoms with E-state index in [0.717, 1.165) is 0 Å². The topological polar surface area (TPSA) is 78.9 Å². The van der Waals surface area contributed by atoms with Crippen molar-refractivity contribution >= 4 is 33.8 Å². The first-order chi connectivity index (χ1) is 11.5. The fourth-order valence-electron chi connectivity index (χ4n) is 1.91. The number of carbonyl (C=O) groups excluding carboxylic acids is 3. The van der Waals surface area contributed by atoms with Gasteiger partial charge in [-0.3, -0.25) is 0 Å². The van der Waals surface area contributed by atoms with Gasteiger partial charge in [0.2, 0.25) is 0 Å². The maximum Gasteiger partial charge on any atom is 0.343 e. The van der Waals surface area contributed by atoms with Crippen LogP contribution in [0.2, 0.25) is 0 Å². The van der Waals surface area contributed by atoms with E-state index in [9.17, 15) is 14.4 Å². The number of methoxy groups -OCH3 is 2. The quantitative estimate of drug-likeness (QED) is 0.586. The van der Waals surface area contributed by atoms with E-state index < -0.39 is 17.9 Å². The molecule has 2 aromatic carbocycles. The van der Waals surface area contributed by atoms with Gasteiger partial charge in [0, 0.05) is 4.47 Å². The second kappa shape index (κ2) is 7.74. The number of ether oxygens (including phenoxy) is 3. The minimum atomic E-state index is -0.738. The Kier molecular flexibility index (Phi) is 5.70. The standard InChI is InChI=1S/C17H13BrO6/c1-22-15(19)11-6-7-14(13(9-11)17(21)23-2)24-16(20)10-4-3-5-12(18)8-10/h3-9H,1-2H3. The highest BCUT2D eigenvalue weighted by Gasteiger charge is 2.20. The molecular weight excluding hydrogens is 380 g/mol. The van der Waals surface area contributed by atoms with E-state index in [1.165, 1.54) is 32.4 Å². The molecule has 0 aliphatic carbocycles. The fourth-order valence-corrected chi connectivity index (χ4v) is 2.31. The molecule has 0 N–H and O–H groups in total. The molecule has 2 rings (SSSR count). The molecule has 0 fully saturated rings. The van der Waals surface area contributed by atoms with Crippen LogP contribution in [0.5, 0.6) is 5.75 Å². The monoisotopic (exact) mass is 392 g/mol. The molecule has 6 nitrogen and oxygen atoms in total. The van der Waals surface area contributed by atoms with Gasteiger partial charge < -0.3 is 14.2 Å². The molecule has 0 saturated carbocycles. The third kappa shape index (κ3) is 3.99. The molecule has 0 saturated heterocycles. The second-order valence-corrected chi connectivity index (χ2v) is 5.51. The van der Waals surface area contributed by atoms with Crippen LogP contribution in [0.1, 0.15) is 31.1 Å². The predicted octanol–water partition coefficient (Wildman–Crippen LogP) is 3.24. The molecule has 0 amide bonds. The van der Waals surface area contributed by atoms with Crippen molar-refractivity contribution in [1.29, 1.82) is 0 Å². The van der Waals surface area contributed by atoms with Crippen LogP contribution >= 0.6 is 15.9 Å². The van der Waals surface area contributed by atoms with Gasteiger partial charge in [0.15, 0.2) is 0 Å². The van der Waals surface area contributed by atoms with E-state index in [1.54, 1.807) is 24.3 Å². The lowest BCUT2D eigenvalue weighted by Crippen LogP contribution is -2.13. The van der Waals surface area contributed by atoms with Gasteiger partial charge in [-0.2, -0.15) is 0 Å². The minimum absolute atomic E-state index is 0.0144. The Morgan fingerprint density at radius 1 is 0.833 bits per heavy atom. The molecule has 2 aromatic rings. The summed E-state index contributed by atoms with van der Waals surface area (Å²) in [6, 6.07) is 10.6. The van der Waals surface area contributed by atoms with Crippen LogP contribution in [-0.2, 0) is 9.47 Å². The van der Waals surface area contributed by atoms with Crippen molar-refractivity contribution in [2.24, 2.45) is 0 Å². The number of hydrogen-bond donors (Lipinski definition) is 0. The summed E-state index contributed by atoms with van der Waals surface area (Å²) in [5, 5.41) is 0. The van der Waals surface area contributed by atoms with E-state index >= 15 is 0 Å². The molecule has 7 heteroatoms. The molecule has 0 heterocycles. The van der Waals surface area contributed by atoms with Gasteiger partial charge in [-0.1, -0.05) is 22.0 Å². The van der Waals surface area contributed by atoms with Gasteiger partial charge in [0.1, 0.15) is 11.3 Å². The number of halogens is 1. The van der Waals surface area contributed by atoms with Crippen LogP contribution in [0.3, 0.4) is 0 Å². The maximum absolute atomic E-state index is 12.2. The van der Waals surface area contributed by atoms with E-state index in [-0.39, 0.29) is 16.9 Å². The third-order valence-corrected chi connectivity index (χ3v) is 3.56. The lowest BCUT2D eigenvalue weighted by atomic mass is 10.1. The summed E-state index contributed by atoms with van der Waals surface area (Å²) in [4.78, 5) is 35.7. The number of hydrogen-bond acceptors (Lipinski definition) is 6. The van der Waals surface area contributed by atoms with Crippen molar-refractivity contribution in [3.63, 3.8) is 0 Å². The largest absolute Gasteiger partial charge is 0.465 e.